The molecule has 2 rings (SSSR count). The fraction of sp³-hybridized carbons (Fsp3) is 0.947. The van der Waals surface area contributed by atoms with Crippen LogP contribution in [-0.4, -0.2) is 60.8 Å². The lowest BCUT2D eigenvalue weighted by Gasteiger charge is -2.34. The highest BCUT2D eigenvalue weighted by molar-refractivity contribution is 14.0. The molecule has 1 aliphatic carbocycles. The fourth-order valence-electron chi connectivity index (χ4n) is 4.19. The van der Waals surface area contributed by atoms with Crippen molar-refractivity contribution < 1.29 is 5.11 Å². The Hall–Kier alpha value is -0.0800. The van der Waals surface area contributed by atoms with Crippen molar-refractivity contribution in [3.05, 3.63) is 0 Å². The number of nitrogens with zero attached hydrogens (tertiary/aromatic N) is 2. The molecule has 0 aromatic carbocycles. The second-order valence-electron chi connectivity index (χ2n) is 7.97. The Kier molecular flexibility index (Phi) is 11.3. The molecule has 25 heavy (non-hydrogen) atoms. The van der Waals surface area contributed by atoms with E-state index in [1.807, 2.05) is 0 Å². The molecule has 1 saturated heterocycles. The van der Waals surface area contributed by atoms with Gasteiger partial charge >= 0.3 is 0 Å². The number of hydrogen-bond donors (Lipinski definition) is 3. The molecule has 0 aromatic rings. The molecule has 2 aliphatic rings. The van der Waals surface area contributed by atoms with E-state index < -0.39 is 0 Å². The molecule has 1 heterocycles. The fourth-order valence-corrected chi connectivity index (χ4v) is 4.19. The minimum atomic E-state index is -0.100. The van der Waals surface area contributed by atoms with Crippen LogP contribution in [0.4, 0.5) is 0 Å². The lowest BCUT2D eigenvalue weighted by atomic mass is 9.92. The van der Waals surface area contributed by atoms with Gasteiger partial charge in [-0.3, -0.25) is 4.99 Å². The highest BCUT2D eigenvalue weighted by Crippen LogP contribution is 2.21. The third kappa shape index (κ3) is 8.91. The van der Waals surface area contributed by atoms with Gasteiger partial charge in [0.2, 0.25) is 0 Å². The first kappa shape index (κ1) is 23.0. The number of hydrogen-bond acceptors (Lipinski definition) is 3. The molecular formula is C19H39IN4O. The molecule has 3 N–H and O–H groups in total. The van der Waals surface area contributed by atoms with Crippen LogP contribution >= 0.6 is 24.0 Å². The summed E-state index contributed by atoms with van der Waals surface area (Å²) in [6.45, 7) is 12.3. The number of aliphatic imine (C=N–C) groups is 1. The molecule has 1 saturated carbocycles. The molecule has 1 aliphatic heterocycles. The lowest BCUT2D eigenvalue weighted by molar-refractivity contribution is 0.120. The van der Waals surface area contributed by atoms with Crippen LogP contribution in [0.25, 0.3) is 0 Å². The van der Waals surface area contributed by atoms with Crippen LogP contribution in [0, 0.1) is 11.8 Å². The van der Waals surface area contributed by atoms with Gasteiger partial charge in [0, 0.05) is 32.2 Å². The highest BCUT2D eigenvalue weighted by Gasteiger charge is 2.21. The standard InChI is InChI=1S/C19H38N4O.HI/c1-4-20-19(22-17-6-8-18(24)9-7-17)21-10-5-11-23-13-15(2)12-16(3)14-23;/h15-18,24H,4-14H2,1-3H3,(H2,20,21,22);1H. The second kappa shape index (κ2) is 12.3. The van der Waals surface area contributed by atoms with Gasteiger partial charge in [-0.2, -0.15) is 0 Å². The normalized spacial score (nSPS) is 31.3. The van der Waals surface area contributed by atoms with Gasteiger partial charge < -0.3 is 20.6 Å². The van der Waals surface area contributed by atoms with Crippen molar-refractivity contribution in [2.45, 2.75) is 71.4 Å². The van der Waals surface area contributed by atoms with Crippen LogP contribution in [0.2, 0.25) is 0 Å². The summed E-state index contributed by atoms with van der Waals surface area (Å²) in [5.74, 6) is 2.61. The van der Waals surface area contributed by atoms with Crippen LogP contribution in [-0.2, 0) is 0 Å². The summed E-state index contributed by atoms with van der Waals surface area (Å²) < 4.78 is 0. The summed E-state index contributed by atoms with van der Waals surface area (Å²) in [6.07, 6.45) is 6.28. The number of halogens is 1. The maximum Gasteiger partial charge on any atom is 0.191 e. The van der Waals surface area contributed by atoms with E-state index in [0.29, 0.717) is 6.04 Å². The molecule has 6 heteroatoms. The summed E-state index contributed by atoms with van der Waals surface area (Å²) in [7, 11) is 0. The van der Waals surface area contributed by atoms with Gasteiger partial charge in [-0.25, -0.2) is 0 Å². The highest BCUT2D eigenvalue weighted by atomic mass is 127. The Labute approximate surface area is 171 Å². The largest absolute Gasteiger partial charge is 0.393 e. The Morgan fingerprint density at radius 1 is 1.12 bits per heavy atom. The third-order valence-electron chi connectivity index (χ3n) is 5.23. The molecule has 0 spiro atoms. The number of rotatable bonds is 6. The first-order valence-electron chi connectivity index (χ1n) is 10.0. The van der Waals surface area contributed by atoms with Gasteiger partial charge in [0.1, 0.15) is 0 Å². The van der Waals surface area contributed by atoms with Gasteiger partial charge in [0.15, 0.2) is 5.96 Å². The van der Waals surface area contributed by atoms with E-state index in [0.717, 1.165) is 69.5 Å². The van der Waals surface area contributed by atoms with Gasteiger partial charge in [0.05, 0.1) is 6.10 Å². The average molecular weight is 466 g/mol. The van der Waals surface area contributed by atoms with Crippen molar-refractivity contribution in [2.75, 3.05) is 32.7 Å². The predicted octanol–water partition coefficient (Wildman–Crippen LogP) is 2.83. The van der Waals surface area contributed by atoms with Crippen molar-refractivity contribution in [1.29, 1.82) is 0 Å². The van der Waals surface area contributed by atoms with Crippen LogP contribution in [0.5, 0.6) is 0 Å². The molecule has 148 valence electrons. The Morgan fingerprint density at radius 3 is 2.36 bits per heavy atom. The molecule has 0 radical (unpaired) electrons. The van der Waals surface area contributed by atoms with Gasteiger partial charge in [-0.1, -0.05) is 13.8 Å². The van der Waals surface area contributed by atoms with Crippen LogP contribution < -0.4 is 10.6 Å². The van der Waals surface area contributed by atoms with Crippen molar-refractivity contribution in [2.24, 2.45) is 16.8 Å². The molecule has 0 amide bonds. The topological polar surface area (TPSA) is 59.9 Å². The van der Waals surface area contributed by atoms with E-state index in [1.54, 1.807) is 0 Å². The summed E-state index contributed by atoms with van der Waals surface area (Å²) >= 11 is 0. The summed E-state index contributed by atoms with van der Waals surface area (Å²) in [5, 5.41) is 16.5. The maximum atomic E-state index is 9.62. The van der Waals surface area contributed by atoms with Crippen LogP contribution in [0.1, 0.15) is 59.3 Å². The van der Waals surface area contributed by atoms with E-state index in [1.165, 1.54) is 19.5 Å². The molecule has 2 fully saturated rings. The number of aliphatic hydroxyl groups excluding tert-OH is 1. The van der Waals surface area contributed by atoms with Crippen molar-refractivity contribution in [3.63, 3.8) is 0 Å². The van der Waals surface area contributed by atoms with E-state index in [9.17, 15) is 5.11 Å². The Balaban J connectivity index is 0.00000312. The predicted molar refractivity (Wildman–Crippen MR) is 117 cm³/mol. The quantitative estimate of drug-likeness (QED) is 0.244. The second-order valence-corrected chi connectivity index (χ2v) is 7.97. The number of nitrogens with one attached hydrogen (secondary N) is 2. The summed E-state index contributed by atoms with van der Waals surface area (Å²) in [6, 6.07) is 0.454. The lowest BCUT2D eigenvalue weighted by Crippen LogP contribution is -2.45. The molecule has 0 bridgehead atoms. The number of aliphatic hydroxyl groups is 1. The van der Waals surface area contributed by atoms with Crippen LogP contribution in [0.3, 0.4) is 0 Å². The zero-order chi connectivity index (χ0) is 17.4. The zero-order valence-electron chi connectivity index (χ0n) is 16.3. The zero-order valence-corrected chi connectivity index (χ0v) is 18.7. The minimum Gasteiger partial charge on any atom is -0.393 e. The smallest absolute Gasteiger partial charge is 0.191 e. The third-order valence-corrected chi connectivity index (χ3v) is 5.23. The number of likely N-dealkylation sites (tertiary alicyclic amines) is 1. The van der Waals surface area contributed by atoms with Gasteiger partial charge in [0.25, 0.3) is 0 Å². The van der Waals surface area contributed by atoms with Crippen molar-refractivity contribution in [1.82, 2.24) is 15.5 Å². The number of piperidine rings is 1. The minimum absolute atomic E-state index is 0. The Morgan fingerprint density at radius 2 is 1.76 bits per heavy atom. The molecule has 0 aromatic heterocycles. The summed E-state index contributed by atoms with van der Waals surface area (Å²) in [5.41, 5.74) is 0. The van der Waals surface area contributed by atoms with Crippen molar-refractivity contribution >= 4 is 29.9 Å². The molecule has 5 nitrogen and oxygen atoms in total. The molecular weight excluding hydrogens is 427 g/mol. The first-order valence-corrected chi connectivity index (χ1v) is 10.0. The monoisotopic (exact) mass is 466 g/mol. The van der Waals surface area contributed by atoms with Crippen molar-refractivity contribution in [3.8, 4) is 0 Å². The van der Waals surface area contributed by atoms with Gasteiger partial charge in [-0.05, 0) is 63.8 Å². The van der Waals surface area contributed by atoms with E-state index in [-0.39, 0.29) is 30.1 Å². The summed E-state index contributed by atoms with van der Waals surface area (Å²) in [4.78, 5) is 7.36. The van der Waals surface area contributed by atoms with Gasteiger partial charge in [-0.15, -0.1) is 24.0 Å². The molecule has 2 unspecified atom stereocenters. The average Bonchev–Trinajstić information content (AvgIpc) is 2.53. The van der Waals surface area contributed by atoms with Crippen LogP contribution in [0.15, 0.2) is 4.99 Å². The SMILES string of the molecule is CCNC(=NCCCN1CC(C)CC(C)C1)NC1CCC(O)CC1.I. The first-order chi connectivity index (χ1) is 11.6. The maximum absolute atomic E-state index is 9.62. The van der Waals surface area contributed by atoms with E-state index >= 15 is 0 Å². The molecule has 2 atom stereocenters. The Bertz CT molecular complexity index is 376. The number of guanidine groups is 1. The van der Waals surface area contributed by atoms with E-state index in [2.05, 4.69) is 36.3 Å². The van der Waals surface area contributed by atoms with E-state index in [4.69, 9.17) is 4.99 Å².